The van der Waals surface area contributed by atoms with Crippen LogP contribution in [0.15, 0.2) is 0 Å². The number of nitrogens with zero attached hydrogens (tertiary/aromatic N) is 1. The van der Waals surface area contributed by atoms with Crippen LogP contribution >= 0.6 is 0 Å². The van der Waals surface area contributed by atoms with Crippen molar-refractivity contribution in [3.63, 3.8) is 0 Å². The van der Waals surface area contributed by atoms with Gasteiger partial charge >= 0.3 is 11.9 Å². The third-order valence-corrected chi connectivity index (χ3v) is 3.83. The first-order valence-corrected chi connectivity index (χ1v) is 6.72. The molecule has 1 saturated heterocycles. The molecule has 6 heteroatoms. The van der Waals surface area contributed by atoms with E-state index >= 15 is 0 Å². The van der Waals surface area contributed by atoms with Gasteiger partial charge < -0.3 is 14.4 Å². The van der Waals surface area contributed by atoms with Crippen molar-refractivity contribution < 1.29 is 23.9 Å². The van der Waals surface area contributed by atoms with Crippen LogP contribution in [-0.2, 0) is 23.9 Å². The van der Waals surface area contributed by atoms with Gasteiger partial charge in [-0.3, -0.25) is 14.4 Å². The highest BCUT2D eigenvalue weighted by Crippen LogP contribution is 2.34. The lowest BCUT2D eigenvalue weighted by molar-refractivity contribution is -0.169. The molecular weight excluding hydrogens is 262 g/mol. The molecule has 0 radical (unpaired) electrons. The fourth-order valence-corrected chi connectivity index (χ4v) is 2.72. The molecule has 1 amide bonds. The van der Waals surface area contributed by atoms with Crippen LogP contribution in [0.2, 0.25) is 0 Å². The second kappa shape index (κ2) is 6.24. The molecule has 1 fully saturated rings. The third kappa shape index (κ3) is 3.11. The second-order valence-electron chi connectivity index (χ2n) is 5.73. The molecule has 0 aromatic heterocycles. The van der Waals surface area contributed by atoms with E-state index < -0.39 is 17.4 Å². The van der Waals surface area contributed by atoms with Crippen LogP contribution in [0.25, 0.3) is 0 Å². The molecule has 114 valence electrons. The average molecular weight is 285 g/mol. The largest absolute Gasteiger partial charge is 0.468 e. The Morgan fingerprint density at radius 1 is 1.30 bits per heavy atom. The Morgan fingerprint density at radius 3 is 2.15 bits per heavy atom. The second-order valence-corrected chi connectivity index (χ2v) is 5.73. The average Bonchev–Trinajstić information content (AvgIpc) is 2.77. The number of methoxy groups -OCH3 is 2. The van der Waals surface area contributed by atoms with Crippen LogP contribution in [0, 0.1) is 11.3 Å². The summed E-state index contributed by atoms with van der Waals surface area (Å²) in [6.07, 6.45) is 0.600. The monoisotopic (exact) mass is 285 g/mol. The van der Waals surface area contributed by atoms with Gasteiger partial charge in [-0.25, -0.2) is 0 Å². The Labute approximate surface area is 119 Å². The molecule has 0 bridgehead atoms. The van der Waals surface area contributed by atoms with Crippen LogP contribution < -0.4 is 0 Å². The molecule has 1 unspecified atom stereocenters. The number of carbonyl (C=O) groups is 3. The van der Waals surface area contributed by atoms with Gasteiger partial charge in [0.2, 0.25) is 5.91 Å². The summed E-state index contributed by atoms with van der Waals surface area (Å²) in [6, 6.07) is 0.120. The molecule has 0 aromatic rings. The lowest BCUT2D eigenvalue weighted by atomic mass is 9.80. The lowest BCUT2D eigenvalue weighted by Crippen LogP contribution is -2.40. The standard InChI is InChI=1S/C14H23NO5/c1-9(2)15-8-10(6-11(15)16)7-14(3,12(17)19-4)13(18)20-5/h9-10H,6-8H2,1-5H3. The molecule has 1 aliphatic rings. The summed E-state index contributed by atoms with van der Waals surface area (Å²) >= 11 is 0. The molecule has 0 aliphatic carbocycles. The van der Waals surface area contributed by atoms with E-state index in [4.69, 9.17) is 9.47 Å². The van der Waals surface area contributed by atoms with Crippen LogP contribution in [0.5, 0.6) is 0 Å². The number of esters is 2. The maximum Gasteiger partial charge on any atom is 0.322 e. The van der Waals surface area contributed by atoms with Gasteiger partial charge in [0.25, 0.3) is 0 Å². The molecule has 1 aliphatic heterocycles. The number of carbonyl (C=O) groups excluding carboxylic acids is 3. The number of amides is 1. The Kier molecular flexibility index (Phi) is 5.14. The van der Waals surface area contributed by atoms with Crippen molar-refractivity contribution in [1.82, 2.24) is 4.90 Å². The Bertz CT molecular complexity index is 388. The summed E-state index contributed by atoms with van der Waals surface area (Å²) < 4.78 is 9.42. The maximum absolute atomic E-state index is 11.9. The summed E-state index contributed by atoms with van der Waals surface area (Å²) in [7, 11) is 2.48. The van der Waals surface area contributed by atoms with E-state index in [0.29, 0.717) is 13.0 Å². The fraction of sp³-hybridized carbons (Fsp3) is 0.786. The molecule has 1 atom stereocenters. The Balaban J connectivity index is 2.85. The van der Waals surface area contributed by atoms with Gasteiger partial charge in [0, 0.05) is 19.0 Å². The summed E-state index contributed by atoms with van der Waals surface area (Å²) in [5, 5.41) is 0. The van der Waals surface area contributed by atoms with Gasteiger partial charge in [0.15, 0.2) is 5.41 Å². The van der Waals surface area contributed by atoms with E-state index in [0.717, 1.165) is 0 Å². The van der Waals surface area contributed by atoms with E-state index in [1.165, 1.54) is 21.1 Å². The highest BCUT2D eigenvalue weighted by Gasteiger charge is 2.47. The normalized spacial score (nSPS) is 19.4. The van der Waals surface area contributed by atoms with Crippen molar-refractivity contribution in [3.8, 4) is 0 Å². The number of ether oxygens (including phenoxy) is 2. The summed E-state index contributed by atoms with van der Waals surface area (Å²) in [4.78, 5) is 37.4. The first-order valence-electron chi connectivity index (χ1n) is 6.72. The minimum atomic E-state index is -1.36. The number of hydrogen-bond donors (Lipinski definition) is 0. The molecule has 0 spiro atoms. The molecule has 0 aromatic carbocycles. The van der Waals surface area contributed by atoms with E-state index in [2.05, 4.69) is 0 Å². The molecule has 20 heavy (non-hydrogen) atoms. The van der Waals surface area contributed by atoms with Crippen molar-refractivity contribution >= 4 is 17.8 Å². The topological polar surface area (TPSA) is 72.9 Å². The van der Waals surface area contributed by atoms with Crippen molar-refractivity contribution in [3.05, 3.63) is 0 Å². The first kappa shape index (κ1) is 16.5. The third-order valence-electron chi connectivity index (χ3n) is 3.83. The number of likely N-dealkylation sites (tertiary alicyclic amines) is 1. The van der Waals surface area contributed by atoms with Gasteiger partial charge in [0.1, 0.15) is 0 Å². The van der Waals surface area contributed by atoms with E-state index in [9.17, 15) is 14.4 Å². The number of hydrogen-bond acceptors (Lipinski definition) is 5. The summed E-state index contributed by atoms with van der Waals surface area (Å²) in [5.41, 5.74) is -1.36. The van der Waals surface area contributed by atoms with Gasteiger partial charge in [-0.2, -0.15) is 0 Å². The predicted octanol–water partition coefficient (Wildman–Crippen LogP) is 0.986. The van der Waals surface area contributed by atoms with Crippen molar-refractivity contribution in [2.45, 2.75) is 39.7 Å². The summed E-state index contributed by atoms with van der Waals surface area (Å²) in [6.45, 7) is 5.95. The highest BCUT2D eigenvalue weighted by molar-refractivity contribution is 5.99. The van der Waals surface area contributed by atoms with Crippen LogP contribution in [0.4, 0.5) is 0 Å². The Morgan fingerprint density at radius 2 is 1.80 bits per heavy atom. The van der Waals surface area contributed by atoms with Gasteiger partial charge in [-0.05, 0) is 33.1 Å². The minimum Gasteiger partial charge on any atom is -0.468 e. The van der Waals surface area contributed by atoms with E-state index in [-0.39, 0.29) is 24.3 Å². The SMILES string of the molecule is COC(=O)C(C)(CC1CC(=O)N(C(C)C)C1)C(=O)OC. The zero-order chi connectivity index (χ0) is 15.5. The maximum atomic E-state index is 11.9. The molecule has 0 N–H and O–H groups in total. The van der Waals surface area contributed by atoms with Crippen molar-refractivity contribution in [2.75, 3.05) is 20.8 Å². The van der Waals surface area contributed by atoms with E-state index in [1.54, 1.807) is 4.90 Å². The zero-order valence-corrected chi connectivity index (χ0v) is 12.8. The number of rotatable bonds is 5. The van der Waals surface area contributed by atoms with Gasteiger partial charge in [0.05, 0.1) is 14.2 Å². The van der Waals surface area contributed by atoms with Gasteiger partial charge in [-0.15, -0.1) is 0 Å². The molecule has 1 rings (SSSR count). The van der Waals surface area contributed by atoms with Crippen LogP contribution in [-0.4, -0.2) is 49.6 Å². The first-order chi connectivity index (χ1) is 9.26. The highest BCUT2D eigenvalue weighted by atomic mass is 16.5. The van der Waals surface area contributed by atoms with Crippen LogP contribution in [0.3, 0.4) is 0 Å². The van der Waals surface area contributed by atoms with E-state index in [1.807, 2.05) is 13.8 Å². The molecule has 1 heterocycles. The van der Waals surface area contributed by atoms with Gasteiger partial charge in [-0.1, -0.05) is 0 Å². The smallest absolute Gasteiger partial charge is 0.322 e. The molecule has 6 nitrogen and oxygen atoms in total. The zero-order valence-electron chi connectivity index (χ0n) is 12.8. The lowest BCUT2D eigenvalue weighted by Gasteiger charge is -2.27. The predicted molar refractivity (Wildman–Crippen MR) is 71.7 cm³/mol. The fourth-order valence-electron chi connectivity index (χ4n) is 2.72. The van der Waals surface area contributed by atoms with Crippen LogP contribution in [0.1, 0.15) is 33.6 Å². The quantitative estimate of drug-likeness (QED) is 0.556. The van der Waals surface area contributed by atoms with Crippen molar-refractivity contribution in [2.24, 2.45) is 11.3 Å². The Hall–Kier alpha value is -1.59. The van der Waals surface area contributed by atoms with Crippen molar-refractivity contribution in [1.29, 1.82) is 0 Å². The molecule has 0 saturated carbocycles. The summed E-state index contributed by atoms with van der Waals surface area (Å²) in [5.74, 6) is -1.24. The minimum absolute atomic E-state index is 0.0481. The molecular formula is C14H23NO5.